The molecule has 0 spiro atoms. The van der Waals surface area contributed by atoms with Crippen molar-refractivity contribution >= 4 is 11.4 Å². The van der Waals surface area contributed by atoms with Crippen molar-refractivity contribution in [1.29, 1.82) is 0 Å². The summed E-state index contributed by atoms with van der Waals surface area (Å²) in [6.07, 6.45) is 0. The highest BCUT2D eigenvalue weighted by molar-refractivity contribution is 5.61. The van der Waals surface area contributed by atoms with E-state index in [1.54, 1.807) is 19.1 Å². The quantitative estimate of drug-likeness (QED) is 0.502. The van der Waals surface area contributed by atoms with Crippen LogP contribution in [0.15, 0.2) is 36.4 Å². The zero-order chi connectivity index (χ0) is 15.4. The largest absolute Gasteiger partial charge is 0.489 e. The second kappa shape index (κ2) is 6.19. The van der Waals surface area contributed by atoms with E-state index in [0.717, 1.165) is 0 Å². The highest BCUT2D eigenvalue weighted by Crippen LogP contribution is 2.25. The van der Waals surface area contributed by atoms with Crippen LogP contribution in [0.1, 0.15) is 11.1 Å². The summed E-state index contributed by atoms with van der Waals surface area (Å²) in [5.74, 6) is 5.40. The second-order valence-electron chi connectivity index (χ2n) is 4.45. The number of nitrogens with two attached hydrogens (primary N) is 1. The third-order valence-corrected chi connectivity index (χ3v) is 2.95. The van der Waals surface area contributed by atoms with Gasteiger partial charge in [-0.25, -0.2) is 4.39 Å². The van der Waals surface area contributed by atoms with E-state index in [-0.39, 0.29) is 23.8 Å². The summed E-state index contributed by atoms with van der Waals surface area (Å²) in [5, 5.41) is 10.9. The first-order chi connectivity index (χ1) is 10.0. The van der Waals surface area contributed by atoms with Gasteiger partial charge in [0.25, 0.3) is 5.69 Å². The number of nitrogen functional groups attached to an aromatic ring is 1. The Balaban J connectivity index is 2.14. The summed E-state index contributed by atoms with van der Waals surface area (Å²) < 4.78 is 18.6. The fourth-order valence-electron chi connectivity index (χ4n) is 1.81. The van der Waals surface area contributed by atoms with Gasteiger partial charge in [0.2, 0.25) is 0 Å². The Bertz CT molecular complexity index is 677. The van der Waals surface area contributed by atoms with Crippen LogP contribution in [-0.4, -0.2) is 4.92 Å². The first-order valence-corrected chi connectivity index (χ1v) is 6.14. The molecule has 0 aliphatic heterocycles. The van der Waals surface area contributed by atoms with Crippen molar-refractivity contribution in [1.82, 2.24) is 0 Å². The van der Waals surface area contributed by atoms with E-state index in [1.165, 1.54) is 24.3 Å². The molecule has 0 aliphatic rings. The Morgan fingerprint density at radius 2 is 2.10 bits per heavy atom. The summed E-state index contributed by atoms with van der Waals surface area (Å²) >= 11 is 0. The number of nitro benzene ring substituents is 1. The molecule has 0 saturated heterocycles. The van der Waals surface area contributed by atoms with Crippen LogP contribution >= 0.6 is 0 Å². The first-order valence-electron chi connectivity index (χ1n) is 6.14. The third kappa shape index (κ3) is 3.46. The van der Waals surface area contributed by atoms with E-state index in [4.69, 9.17) is 10.6 Å². The average Bonchev–Trinajstić information content (AvgIpc) is 2.48. The molecule has 0 aliphatic carbocycles. The Morgan fingerprint density at radius 3 is 2.71 bits per heavy atom. The molecule has 2 rings (SSSR count). The molecule has 2 aromatic rings. The fourth-order valence-corrected chi connectivity index (χ4v) is 1.81. The molecule has 0 bridgehead atoms. The molecule has 2 aromatic carbocycles. The number of hydrazine groups is 1. The molecule has 21 heavy (non-hydrogen) atoms. The molecule has 0 heterocycles. The van der Waals surface area contributed by atoms with Crippen molar-refractivity contribution in [2.75, 3.05) is 5.43 Å². The molecule has 0 unspecified atom stereocenters. The van der Waals surface area contributed by atoms with Gasteiger partial charge in [-0.2, -0.15) is 0 Å². The average molecular weight is 291 g/mol. The molecular formula is C14H14FN3O3. The number of nitrogens with zero attached hydrogens (tertiary/aromatic N) is 1. The van der Waals surface area contributed by atoms with Gasteiger partial charge in [0.05, 0.1) is 4.92 Å². The van der Waals surface area contributed by atoms with Crippen LogP contribution in [0, 0.1) is 22.9 Å². The van der Waals surface area contributed by atoms with Crippen LogP contribution in [-0.2, 0) is 6.61 Å². The molecule has 6 nitrogen and oxygen atoms in total. The van der Waals surface area contributed by atoms with Crippen LogP contribution < -0.4 is 16.0 Å². The Labute approximate surface area is 120 Å². The normalized spacial score (nSPS) is 10.2. The summed E-state index contributed by atoms with van der Waals surface area (Å²) in [7, 11) is 0. The van der Waals surface area contributed by atoms with Gasteiger partial charge >= 0.3 is 0 Å². The molecule has 0 aromatic heterocycles. The summed E-state index contributed by atoms with van der Waals surface area (Å²) in [4.78, 5) is 10.4. The number of hydrogen-bond acceptors (Lipinski definition) is 5. The zero-order valence-electron chi connectivity index (χ0n) is 11.3. The molecular weight excluding hydrogens is 277 g/mol. The van der Waals surface area contributed by atoms with Crippen molar-refractivity contribution in [3.05, 3.63) is 63.5 Å². The standard InChI is InChI=1S/C14H14FN3O3/c1-9-6-11(3-4-12(9)15)21-8-10-2-5-13(17-16)14(7-10)18(19)20/h2-7,17H,8,16H2,1H3. The van der Waals surface area contributed by atoms with Gasteiger partial charge in [-0.1, -0.05) is 6.07 Å². The van der Waals surface area contributed by atoms with Crippen molar-refractivity contribution in [3.63, 3.8) is 0 Å². The molecule has 0 atom stereocenters. The predicted octanol–water partition coefficient (Wildman–Crippen LogP) is 2.91. The lowest BCUT2D eigenvalue weighted by Gasteiger charge is -2.08. The lowest BCUT2D eigenvalue weighted by Crippen LogP contribution is -2.09. The van der Waals surface area contributed by atoms with E-state index in [0.29, 0.717) is 16.9 Å². The van der Waals surface area contributed by atoms with E-state index in [9.17, 15) is 14.5 Å². The van der Waals surface area contributed by atoms with E-state index >= 15 is 0 Å². The number of aryl methyl sites for hydroxylation is 1. The number of nitrogens with one attached hydrogen (secondary N) is 1. The number of nitro groups is 1. The number of anilines is 1. The van der Waals surface area contributed by atoms with Crippen LogP contribution in [0.4, 0.5) is 15.8 Å². The van der Waals surface area contributed by atoms with Crippen molar-refractivity contribution in [3.8, 4) is 5.75 Å². The first kappa shape index (κ1) is 14.7. The molecule has 0 saturated carbocycles. The minimum atomic E-state index is -0.527. The molecule has 0 amide bonds. The maximum atomic E-state index is 13.1. The van der Waals surface area contributed by atoms with Gasteiger partial charge in [0.1, 0.15) is 23.9 Å². The monoisotopic (exact) mass is 291 g/mol. The van der Waals surface area contributed by atoms with Crippen molar-refractivity contribution in [2.45, 2.75) is 13.5 Å². The minimum Gasteiger partial charge on any atom is -0.489 e. The van der Waals surface area contributed by atoms with Gasteiger partial charge in [-0.15, -0.1) is 0 Å². The molecule has 3 N–H and O–H groups in total. The van der Waals surface area contributed by atoms with E-state index in [1.807, 2.05) is 0 Å². The number of rotatable bonds is 5. The van der Waals surface area contributed by atoms with Crippen molar-refractivity contribution in [2.24, 2.45) is 5.84 Å². The number of hydrogen-bond donors (Lipinski definition) is 2. The Hall–Kier alpha value is -2.67. The number of halogens is 1. The lowest BCUT2D eigenvalue weighted by atomic mass is 10.2. The number of ether oxygens (including phenoxy) is 1. The lowest BCUT2D eigenvalue weighted by molar-refractivity contribution is -0.384. The van der Waals surface area contributed by atoms with Gasteiger partial charge in [-0.05, 0) is 42.3 Å². The molecule has 0 fully saturated rings. The summed E-state index contributed by atoms with van der Waals surface area (Å²) in [6.45, 7) is 1.77. The summed E-state index contributed by atoms with van der Waals surface area (Å²) in [6, 6.07) is 8.94. The molecule has 110 valence electrons. The number of benzene rings is 2. The Morgan fingerprint density at radius 1 is 1.33 bits per heavy atom. The van der Waals surface area contributed by atoms with Crippen LogP contribution in [0.25, 0.3) is 0 Å². The SMILES string of the molecule is Cc1cc(OCc2ccc(NN)c([N+](=O)[O-])c2)ccc1F. The van der Waals surface area contributed by atoms with E-state index < -0.39 is 4.92 Å². The predicted molar refractivity (Wildman–Crippen MR) is 76.4 cm³/mol. The van der Waals surface area contributed by atoms with Crippen molar-refractivity contribution < 1.29 is 14.1 Å². The highest BCUT2D eigenvalue weighted by Gasteiger charge is 2.14. The van der Waals surface area contributed by atoms with Gasteiger partial charge in [-0.3, -0.25) is 16.0 Å². The van der Waals surface area contributed by atoms with Crippen LogP contribution in [0.2, 0.25) is 0 Å². The molecule has 0 radical (unpaired) electrons. The van der Waals surface area contributed by atoms with Gasteiger partial charge in [0.15, 0.2) is 0 Å². The van der Waals surface area contributed by atoms with Gasteiger partial charge in [0, 0.05) is 6.07 Å². The van der Waals surface area contributed by atoms with E-state index in [2.05, 4.69) is 5.43 Å². The zero-order valence-corrected chi connectivity index (χ0v) is 11.3. The Kier molecular flexibility index (Phi) is 4.34. The maximum Gasteiger partial charge on any atom is 0.294 e. The highest BCUT2D eigenvalue weighted by atomic mass is 19.1. The smallest absolute Gasteiger partial charge is 0.294 e. The topological polar surface area (TPSA) is 90.4 Å². The maximum absolute atomic E-state index is 13.1. The second-order valence-corrected chi connectivity index (χ2v) is 4.45. The van der Waals surface area contributed by atoms with Gasteiger partial charge < -0.3 is 10.2 Å². The fraction of sp³-hybridized carbons (Fsp3) is 0.143. The minimum absolute atomic E-state index is 0.131. The van der Waals surface area contributed by atoms with Crippen LogP contribution in [0.5, 0.6) is 5.75 Å². The third-order valence-electron chi connectivity index (χ3n) is 2.95. The molecule has 7 heteroatoms. The van der Waals surface area contributed by atoms with Crippen LogP contribution in [0.3, 0.4) is 0 Å². The summed E-state index contributed by atoms with van der Waals surface area (Å²) in [5.41, 5.74) is 3.45.